The third kappa shape index (κ3) is 5.23. The molecule has 2 amide bonds. The minimum absolute atomic E-state index is 0.0151. The van der Waals surface area contributed by atoms with Crippen molar-refractivity contribution in [1.82, 2.24) is 15.2 Å². The Morgan fingerprint density at radius 2 is 1.90 bits per heavy atom. The molecule has 1 atom stereocenters. The lowest BCUT2D eigenvalue weighted by Crippen LogP contribution is -2.63. The number of pyridine rings is 1. The van der Waals surface area contributed by atoms with Crippen molar-refractivity contribution in [1.29, 1.82) is 0 Å². The topological polar surface area (TPSA) is 80.8 Å². The van der Waals surface area contributed by atoms with Gasteiger partial charge in [0.2, 0.25) is 11.8 Å². The zero-order chi connectivity index (χ0) is 20.8. The van der Waals surface area contributed by atoms with E-state index in [9.17, 15) is 9.59 Å². The first kappa shape index (κ1) is 20.5. The maximum absolute atomic E-state index is 12.3. The summed E-state index contributed by atoms with van der Waals surface area (Å²) in [6, 6.07) is 13.6. The molecule has 2 saturated heterocycles. The normalized spacial score (nSPS) is 19.5. The molecule has 0 bridgehead atoms. The van der Waals surface area contributed by atoms with Gasteiger partial charge in [-0.1, -0.05) is 30.3 Å². The summed E-state index contributed by atoms with van der Waals surface area (Å²) in [4.78, 5) is 30.3. The van der Waals surface area contributed by atoms with Gasteiger partial charge in [0.15, 0.2) is 0 Å². The molecule has 158 valence electrons. The molecule has 3 heterocycles. The van der Waals surface area contributed by atoms with E-state index in [4.69, 9.17) is 9.47 Å². The van der Waals surface area contributed by atoms with E-state index in [2.05, 4.69) is 10.3 Å². The van der Waals surface area contributed by atoms with Crippen molar-refractivity contribution >= 4 is 11.8 Å². The average Bonchev–Trinajstić information content (AvgIpc) is 3.17. The summed E-state index contributed by atoms with van der Waals surface area (Å²) in [6.45, 7) is 2.73. The highest BCUT2D eigenvalue weighted by Crippen LogP contribution is 2.39. The highest BCUT2D eigenvalue weighted by atomic mass is 16.5. The lowest BCUT2D eigenvalue weighted by molar-refractivity contribution is -0.162. The van der Waals surface area contributed by atoms with Gasteiger partial charge in [0.25, 0.3) is 0 Å². The fourth-order valence-electron chi connectivity index (χ4n) is 4.07. The van der Waals surface area contributed by atoms with Crippen LogP contribution in [-0.2, 0) is 32.2 Å². The monoisotopic (exact) mass is 409 g/mol. The molecule has 7 nitrogen and oxygen atoms in total. The zero-order valence-electron chi connectivity index (χ0n) is 17.0. The van der Waals surface area contributed by atoms with Crippen molar-refractivity contribution in [3.63, 3.8) is 0 Å². The lowest BCUT2D eigenvalue weighted by Gasteiger charge is -2.47. The van der Waals surface area contributed by atoms with E-state index in [1.807, 2.05) is 42.5 Å². The number of nitrogens with one attached hydrogen (secondary N) is 1. The summed E-state index contributed by atoms with van der Waals surface area (Å²) in [7, 11) is 0. The van der Waals surface area contributed by atoms with E-state index in [1.54, 1.807) is 17.3 Å². The van der Waals surface area contributed by atoms with E-state index in [0.29, 0.717) is 39.3 Å². The van der Waals surface area contributed by atoms with E-state index in [0.717, 1.165) is 17.5 Å². The molecule has 0 saturated carbocycles. The minimum Gasteiger partial charge on any atom is -0.371 e. The maximum Gasteiger partial charge on any atom is 0.248 e. The number of hydrogen-bond donors (Lipinski definition) is 1. The molecule has 1 aromatic heterocycles. The van der Waals surface area contributed by atoms with Crippen LogP contribution in [0.1, 0.15) is 24.0 Å². The molecule has 2 fully saturated rings. The summed E-state index contributed by atoms with van der Waals surface area (Å²) < 4.78 is 11.5. The molecule has 7 heteroatoms. The largest absolute Gasteiger partial charge is 0.371 e. The fourth-order valence-corrected chi connectivity index (χ4v) is 4.07. The molecule has 1 N–H and O–H groups in total. The van der Waals surface area contributed by atoms with E-state index in [-0.39, 0.29) is 29.9 Å². The van der Waals surface area contributed by atoms with Crippen LogP contribution in [0, 0.1) is 5.92 Å². The van der Waals surface area contributed by atoms with Crippen LogP contribution < -0.4 is 5.32 Å². The number of rotatable bonds is 8. The molecular formula is C23H27N3O4. The summed E-state index contributed by atoms with van der Waals surface area (Å²) in [5.41, 5.74) is 1.79. The molecule has 1 aromatic carbocycles. The second-order valence-electron chi connectivity index (χ2n) is 8.13. The Hall–Kier alpha value is -2.77. The number of carbonyl (C=O) groups excluding carboxylic acids is 2. The quantitative estimate of drug-likeness (QED) is 0.721. The Morgan fingerprint density at radius 1 is 1.13 bits per heavy atom. The van der Waals surface area contributed by atoms with E-state index < -0.39 is 0 Å². The van der Waals surface area contributed by atoms with Crippen LogP contribution in [0.25, 0.3) is 0 Å². The average molecular weight is 409 g/mol. The molecule has 1 spiro atoms. The molecular weight excluding hydrogens is 382 g/mol. The highest BCUT2D eigenvalue weighted by Gasteiger charge is 2.51. The molecule has 4 rings (SSSR count). The number of nitrogens with zero attached hydrogens (tertiary/aromatic N) is 2. The third-order valence-electron chi connectivity index (χ3n) is 5.65. The molecule has 2 aromatic rings. The van der Waals surface area contributed by atoms with Crippen molar-refractivity contribution in [2.24, 2.45) is 5.92 Å². The van der Waals surface area contributed by atoms with Gasteiger partial charge in [-0.15, -0.1) is 0 Å². The number of carbonyl (C=O) groups is 2. The van der Waals surface area contributed by atoms with Crippen LogP contribution in [0.2, 0.25) is 0 Å². The number of hydrogen-bond acceptors (Lipinski definition) is 5. The van der Waals surface area contributed by atoms with Gasteiger partial charge in [0.1, 0.15) is 12.2 Å². The fraction of sp³-hybridized carbons (Fsp3) is 0.435. The zero-order valence-corrected chi connectivity index (χ0v) is 17.0. The first-order chi connectivity index (χ1) is 14.6. The third-order valence-corrected chi connectivity index (χ3v) is 5.65. The Labute approximate surface area is 176 Å². The lowest BCUT2D eigenvalue weighted by atomic mass is 9.86. The number of amides is 2. The second kappa shape index (κ2) is 9.36. The van der Waals surface area contributed by atoms with E-state index in [1.165, 1.54) is 0 Å². The Balaban J connectivity index is 1.14. The van der Waals surface area contributed by atoms with Crippen LogP contribution >= 0.6 is 0 Å². The smallest absolute Gasteiger partial charge is 0.248 e. The van der Waals surface area contributed by atoms with Crippen molar-refractivity contribution in [2.45, 2.75) is 31.6 Å². The van der Waals surface area contributed by atoms with Crippen LogP contribution in [-0.4, -0.2) is 53.6 Å². The maximum atomic E-state index is 12.3. The van der Waals surface area contributed by atoms with Crippen molar-refractivity contribution < 1.29 is 19.1 Å². The van der Waals surface area contributed by atoms with Gasteiger partial charge in [-0.3, -0.25) is 14.6 Å². The molecule has 2 aliphatic rings. The van der Waals surface area contributed by atoms with Gasteiger partial charge in [-0.25, -0.2) is 0 Å². The van der Waals surface area contributed by atoms with Gasteiger partial charge in [-0.2, -0.15) is 0 Å². The molecule has 0 radical (unpaired) electrons. The molecule has 2 aliphatic heterocycles. The van der Waals surface area contributed by atoms with Gasteiger partial charge in [0.05, 0.1) is 26.3 Å². The van der Waals surface area contributed by atoms with Crippen LogP contribution in [0.15, 0.2) is 54.9 Å². The van der Waals surface area contributed by atoms with Crippen molar-refractivity contribution in [3.8, 4) is 0 Å². The predicted molar refractivity (Wildman–Crippen MR) is 110 cm³/mol. The van der Waals surface area contributed by atoms with E-state index >= 15 is 0 Å². The first-order valence-electron chi connectivity index (χ1n) is 10.3. The van der Waals surface area contributed by atoms with Crippen LogP contribution in [0.4, 0.5) is 0 Å². The Kier molecular flexibility index (Phi) is 6.40. The van der Waals surface area contributed by atoms with Crippen LogP contribution in [0.3, 0.4) is 0 Å². The Bertz CT molecular complexity index is 853. The molecule has 0 aliphatic carbocycles. The number of ether oxygens (including phenoxy) is 2. The predicted octanol–water partition coefficient (Wildman–Crippen LogP) is 1.92. The van der Waals surface area contributed by atoms with Gasteiger partial charge < -0.3 is 19.7 Å². The first-order valence-corrected chi connectivity index (χ1v) is 10.3. The van der Waals surface area contributed by atoms with Crippen LogP contribution in [0.5, 0.6) is 0 Å². The number of aromatic nitrogens is 1. The van der Waals surface area contributed by atoms with Crippen molar-refractivity contribution in [2.75, 3.05) is 26.3 Å². The molecule has 1 unspecified atom stereocenters. The van der Waals surface area contributed by atoms with Gasteiger partial charge in [0, 0.05) is 25.4 Å². The summed E-state index contributed by atoms with van der Waals surface area (Å²) in [5, 5.41) is 2.95. The van der Waals surface area contributed by atoms with Gasteiger partial charge >= 0.3 is 0 Å². The second-order valence-corrected chi connectivity index (χ2v) is 8.13. The Morgan fingerprint density at radius 3 is 2.67 bits per heavy atom. The van der Waals surface area contributed by atoms with Gasteiger partial charge in [-0.05, 0) is 35.6 Å². The summed E-state index contributed by atoms with van der Waals surface area (Å²) in [5.74, 6) is 0.201. The minimum atomic E-state index is -0.287. The van der Waals surface area contributed by atoms with Crippen molar-refractivity contribution in [3.05, 3.63) is 66.0 Å². The highest BCUT2D eigenvalue weighted by molar-refractivity contribution is 5.79. The number of likely N-dealkylation sites (tertiary alicyclic amines) is 1. The summed E-state index contributed by atoms with van der Waals surface area (Å²) >= 11 is 0. The summed E-state index contributed by atoms with van der Waals surface area (Å²) in [6.07, 6.45) is 4.68. The SMILES string of the molecule is O=C(CC1COC2(C1)CN(C(=O)COCc1ccccc1)C2)NCc1ccncc1. The molecule has 30 heavy (non-hydrogen) atoms. The number of benzene rings is 1. The standard InChI is InChI=1S/C23H27N3O4/c27-21(25-12-18-6-8-24-9-7-18)10-20-11-23(30-14-20)16-26(17-23)22(28)15-29-13-19-4-2-1-3-5-19/h1-9,20H,10-17H2,(H,25,27).